The Labute approximate surface area is 54.5 Å². The topological polar surface area (TPSA) is 27.6 Å². The van der Waals surface area contributed by atoms with Gasteiger partial charge in [0.25, 0.3) is 0 Å². The first-order chi connectivity index (χ1) is 4.18. The predicted molar refractivity (Wildman–Crippen MR) is 28.6 cm³/mol. The maximum absolute atomic E-state index is 12.0. The Kier molecular flexibility index (Phi) is 1.52. The van der Waals surface area contributed by atoms with Crippen LogP contribution in [0.25, 0.3) is 0 Å². The molecule has 0 radical (unpaired) electrons. The monoisotopic (exact) mass is 153 g/mol. The van der Waals surface area contributed by atoms with Gasteiger partial charge in [0.1, 0.15) is 0 Å². The summed E-state index contributed by atoms with van der Waals surface area (Å²) < 4.78 is 23.8. The lowest BCUT2D eigenvalue weighted by atomic mass is 10.6. The van der Waals surface area contributed by atoms with Crippen LogP contribution in [0.5, 0.6) is 0 Å². The van der Waals surface area contributed by atoms with E-state index >= 15 is 0 Å². The van der Waals surface area contributed by atoms with E-state index in [1.165, 1.54) is 0 Å². The third-order valence-electron chi connectivity index (χ3n) is 0.628. The van der Waals surface area contributed by atoms with Gasteiger partial charge in [0, 0.05) is 6.08 Å². The van der Waals surface area contributed by atoms with Crippen LogP contribution in [0.15, 0.2) is 17.1 Å². The Morgan fingerprint density at radius 1 is 1.78 bits per heavy atom. The number of halogens is 3. The Balaban J connectivity index is 2.74. The molecule has 0 spiro atoms. The quantitative estimate of drug-likeness (QED) is 0.416. The van der Waals surface area contributed by atoms with Crippen molar-refractivity contribution in [3.8, 4) is 0 Å². The van der Waals surface area contributed by atoms with E-state index in [0.29, 0.717) is 0 Å². The lowest BCUT2D eigenvalue weighted by Crippen LogP contribution is -2.27. The number of hydrogen-bond donors (Lipinski definition) is 1. The van der Waals surface area contributed by atoms with E-state index < -0.39 is 5.95 Å². The fraction of sp³-hybridized carbons (Fsp3) is 0. The first-order valence-electron chi connectivity index (χ1n) is 2.02. The van der Waals surface area contributed by atoms with Crippen LogP contribution < -0.4 is 5.43 Å². The maximum atomic E-state index is 12.0. The van der Waals surface area contributed by atoms with Gasteiger partial charge in [-0.05, 0) is 5.34 Å². The second-order valence-electron chi connectivity index (χ2n) is 1.29. The van der Waals surface area contributed by atoms with Crippen molar-refractivity contribution in [3.05, 3.63) is 12.0 Å². The zero-order chi connectivity index (χ0) is 6.85. The molecule has 0 amide bonds. The molecule has 0 aromatic rings. The third-order valence-corrected chi connectivity index (χ3v) is 0.813. The zero-order valence-electron chi connectivity index (χ0n) is 4.11. The summed E-state index contributed by atoms with van der Waals surface area (Å²) in [5, 5.41) is 2.40. The number of hydrogen-bond acceptors (Lipinski definition) is 3. The van der Waals surface area contributed by atoms with E-state index in [-0.39, 0.29) is 10.5 Å². The predicted octanol–water partition coefficient (Wildman–Crippen LogP) is 1.05. The molecule has 0 atom stereocenters. The van der Waals surface area contributed by atoms with Crippen LogP contribution in [0, 0.1) is 0 Å². The van der Waals surface area contributed by atoms with Crippen molar-refractivity contribution in [2.45, 2.75) is 0 Å². The van der Waals surface area contributed by atoms with Crippen LogP contribution in [0.1, 0.15) is 0 Å². The van der Waals surface area contributed by atoms with Gasteiger partial charge in [-0.1, -0.05) is 16.1 Å². The summed E-state index contributed by atoms with van der Waals surface area (Å²) in [4.78, 5) is 0. The lowest BCUT2D eigenvalue weighted by Gasteiger charge is -2.11. The normalized spacial score (nSPS) is 18.3. The highest BCUT2D eigenvalue weighted by atomic mass is 35.5. The highest BCUT2D eigenvalue weighted by Gasteiger charge is 2.08. The standard InChI is InChI=1S/C3H2ClF2N3/c4-2-1-3(5)8-9(6)7-2/h1,8H. The summed E-state index contributed by atoms with van der Waals surface area (Å²) in [5.74, 6) is -0.877. The summed E-state index contributed by atoms with van der Waals surface area (Å²) in [6.07, 6.45) is 0.859. The molecule has 1 aliphatic heterocycles. The largest absolute Gasteiger partial charge is 0.227 e. The average molecular weight is 154 g/mol. The van der Waals surface area contributed by atoms with E-state index in [1.54, 1.807) is 5.43 Å². The number of nitrogens with one attached hydrogen (secondary N) is 1. The van der Waals surface area contributed by atoms with Gasteiger partial charge in [-0.3, -0.25) is 0 Å². The SMILES string of the molecule is FC1=CC(Cl)=NN(F)N1. The van der Waals surface area contributed by atoms with E-state index in [1.807, 2.05) is 0 Å². The van der Waals surface area contributed by atoms with Crippen molar-refractivity contribution in [2.24, 2.45) is 5.10 Å². The average Bonchev–Trinajstić information content (AvgIpc) is 1.59. The molecule has 0 unspecified atom stereocenters. The maximum Gasteiger partial charge on any atom is 0.212 e. The Morgan fingerprint density at radius 2 is 2.44 bits per heavy atom. The molecule has 0 fully saturated rings. The Bertz CT molecular complexity index is 178. The molecule has 9 heavy (non-hydrogen) atoms. The fourth-order valence-electron chi connectivity index (χ4n) is 0.363. The first kappa shape index (κ1) is 6.28. The summed E-state index contributed by atoms with van der Waals surface area (Å²) in [5.41, 5.74) is 1.60. The fourth-order valence-corrected chi connectivity index (χ4v) is 0.525. The Morgan fingerprint density at radius 3 is 2.89 bits per heavy atom. The minimum Gasteiger partial charge on any atom is -0.227 e. The number of allylic oxidation sites excluding steroid dienone is 1. The molecule has 0 aliphatic carbocycles. The third kappa shape index (κ3) is 1.53. The van der Waals surface area contributed by atoms with Crippen molar-refractivity contribution in [1.82, 2.24) is 10.8 Å². The molecule has 1 heterocycles. The number of nitrogens with zero attached hydrogens (tertiary/aromatic N) is 2. The summed E-state index contributed by atoms with van der Waals surface area (Å²) >= 11 is 5.12. The number of hydrazine groups is 1. The smallest absolute Gasteiger partial charge is 0.212 e. The molecule has 50 valence electrons. The molecule has 0 bridgehead atoms. The molecule has 0 aromatic carbocycles. The van der Waals surface area contributed by atoms with Crippen LogP contribution in [0.3, 0.4) is 0 Å². The Hall–Kier alpha value is -0.840. The molecule has 3 nitrogen and oxygen atoms in total. The molecule has 1 aliphatic rings. The van der Waals surface area contributed by atoms with Gasteiger partial charge in [-0.15, -0.1) is 5.10 Å². The van der Waals surface area contributed by atoms with Gasteiger partial charge < -0.3 is 0 Å². The summed E-state index contributed by atoms with van der Waals surface area (Å²) in [7, 11) is 0. The van der Waals surface area contributed by atoms with Crippen LogP contribution in [-0.4, -0.2) is 10.5 Å². The second-order valence-corrected chi connectivity index (χ2v) is 1.67. The molecular weight excluding hydrogens is 152 g/mol. The van der Waals surface area contributed by atoms with Crippen molar-refractivity contribution in [2.75, 3.05) is 0 Å². The van der Waals surface area contributed by atoms with E-state index in [0.717, 1.165) is 6.08 Å². The zero-order valence-corrected chi connectivity index (χ0v) is 4.86. The van der Waals surface area contributed by atoms with Crippen molar-refractivity contribution in [1.29, 1.82) is 0 Å². The molecule has 1 N–H and O–H groups in total. The van der Waals surface area contributed by atoms with Gasteiger partial charge in [-0.2, -0.15) is 4.39 Å². The molecule has 0 saturated carbocycles. The number of hydrazone groups is 1. The van der Waals surface area contributed by atoms with Crippen molar-refractivity contribution in [3.63, 3.8) is 0 Å². The highest BCUT2D eigenvalue weighted by Crippen LogP contribution is 2.05. The van der Waals surface area contributed by atoms with E-state index in [9.17, 15) is 8.87 Å². The molecular formula is C3H2ClF2N3. The van der Waals surface area contributed by atoms with Crippen molar-refractivity contribution < 1.29 is 8.87 Å². The summed E-state index contributed by atoms with van der Waals surface area (Å²) in [6.45, 7) is 0. The minimum absolute atomic E-state index is 0.242. The van der Waals surface area contributed by atoms with Crippen LogP contribution in [-0.2, 0) is 0 Å². The van der Waals surface area contributed by atoms with E-state index in [2.05, 4.69) is 5.10 Å². The number of rotatable bonds is 0. The first-order valence-corrected chi connectivity index (χ1v) is 2.40. The highest BCUT2D eigenvalue weighted by molar-refractivity contribution is 6.68. The molecule has 1 rings (SSSR count). The van der Waals surface area contributed by atoms with Gasteiger partial charge in [0.2, 0.25) is 5.95 Å². The summed E-state index contributed by atoms with van der Waals surface area (Å²) in [6, 6.07) is 0. The van der Waals surface area contributed by atoms with Gasteiger partial charge >= 0.3 is 0 Å². The van der Waals surface area contributed by atoms with Gasteiger partial charge in [-0.25, -0.2) is 5.43 Å². The van der Waals surface area contributed by atoms with Crippen LogP contribution >= 0.6 is 11.6 Å². The van der Waals surface area contributed by atoms with Crippen LogP contribution in [0.4, 0.5) is 8.87 Å². The van der Waals surface area contributed by atoms with Crippen molar-refractivity contribution >= 4 is 16.8 Å². The molecule has 0 saturated heterocycles. The van der Waals surface area contributed by atoms with Gasteiger partial charge in [0.05, 0.1) is 0 Å². The lowest BCUT2D eigenvalue weighted by molar-refractivity contribution is -0.0269. The molecule has 6 heteroatoms. The van der Waals surface area contributed by atoms with Crippen LogP contribution in [0.2, 0.25) is 0 Å². The minimum atomic E-state index is -0.877. The molecule has 0 aromatic heterocycles. The van der Waals surface area contributed by atoms with E-state index in [4.69, 9.17) is 11.6 Å². The second kappa shape index (κ2) is 2.18. The van der Waals surface area contributed by atoms with Gasteiger partial charge in [0.15, 0.2) is 5.17 Å².